The van der Waals surface area contributed by atoms with E-state index >= 15 is 0 Å². The molecule has 140 valence electrons. The Bertz CT molecular complexity index is 752. The number of carbonyl (C=O) groups is 4. The molecule has 0 spiro atoms. The van der Waals surface area contributed by atoms with Gasteiger partial charge in [0.2, 0.25) is 5.78 Å². The van der Waals surface area contributed by atoms with Gasteiger partial charge in [0.05, 0.1) is 0 Å². The highest BCUT2D eigenvalue weighted by atomic mass is 16.3. The summed E-state index contributed by atoms with van der Waals surface area (Å²) in [5.41, 5.74) is -1.78. The van der Waals surface area contributed by atoms with E-state index in [2.05, 4.69) is 6.92 Å². The van der Waals surface area contributed by atoms with E-state index in [1.807, 2.05) is 6.92 Å². The minimum absolute atomic E-state index is 0.0510. The Hall–Kier alpha value is -1.62. The Labute approximate surface area is 153 Å². The molecule has 5 heteroatoms. The van der Waals surface area contributed by atoms with E-state index in [9.17, 15) is 24.3 Å². The Morgan fingerprint density at radius 3 is 2.62 bits per heavy atom. The molecule has 3 fully saturated rings. The van der Waals surface area contributed by atoms with Gasteiger partial charge in [-0.1, -0.05) is 19.4 Å². The van der Waals surface area contributed by atoms with Crippen molar-refractivity contribution in [2.24, 2.45) is 28.6 Å². The molecule has 0 aromatic heterocycles. The van der Waals surface area contributed by atoms with Gasteiger partial charge in [0, 0.05) is 24.2 Å². The van der Waals surface area contributed by atoms with Crippen LogP contribution in [0.1, 0.15) is 58.8 Å². The van der Waals surface area contributed by atoms with Crippen molar-refractivity contribution in [3.05, 3.63) is 11.6 Å². The standard InChI is InChI=1S/C21H26O5/c1-19-7-5-13(23)9-12(19)3-4-14-15-6-8-21(26,17(25)11-22)20(15,2)10-16(24)18(14)19/h9,11,14-15,18,26H,3-8,10H2,1-2H3/t14?,15?,18?,19?,20?,21-/m0/s1. The molecule has 0 aliphatic heterocycles. The molecule has 0 aromatic carbocycles. The number of fused-ring (bicyclic) bond motifs is 5. The van der Waals surface area contributed by atoms with Crippen molar-refractivity contribution in [1.29, 1.82) is 0 Å². The number of Topliss-reactive ketones (excluding diaryl/α,β-unsaturated/α-hetero) is 2. The predicted molar refractivity (Wildman–Crippen MR) is 93.1 cm³/mol. The van der Waals surface area contributed by atoms with E-state index in [-0.39, 0.29) is 53.9 Å². The molecule has 0 saturated heterocycles. The Morgan fingerprint density at radius 1 is 1.19 bits per heavy atom. The smallest absolute Gasteiger partial charge is 0.227 e. The van der Waals surface area contributed by atoms with Gasteiger partial charge in [-0.25, -0.2) is 0 Å². The maximum absolute atomic E-state index is 13.3. The molecule has 4 rings (SSSR count). The molecule has 6 atom stereocenters. The first-order valence-corrected chi connectivity index (χ1v) is 9.66. The van der Waals surface area contributed by atoms with Gasteiger partial charge in [-0.2, -0.15) is 0 Å². The number of carbonyl (C=O) groups excluding carboxylic acids is 4. The maximum atomic E-state index is 13.3. The highest BCUT2D eigenvalue weighted by molar-refractivity contribution is 6.29. The highest BCUT2D eigenvalue weighted by Gasteiger charge is 2.68. The molecule has 0 radical (unpaired) electrons. The lowest BCUT2D eigenvalue weighted by Crippen LogP contribution is -2.60. The third-order valence-electron chi connectivity index (χ3n) is 8.32. The molecule has 1 N–H and O–H groups in total. The zero-order valence-corrected chi connectivity index (χ0v) is 15.4. The lowest BCUT2D eigenvalue weighted by molar-refractivity contribution is -0.169. The third-order valence-corrected chi connectivity index (χ3v) is 8.32. The lowest BCUT2D eigenvalue weighted by atomic mass is 9.46. The van der Waals surface area contributed by atoms with Crippen molar-refractivity contribution < 1.29 is 24.3 Å². The monoisotopic (exact) mass is 358 g/mol. The molecule has 26 heavy (non-hydrogen) atoms. The topological polar surface area (TPSA) is 88.5 Å². The molecule has 0 aromatic rings. The SMILES string of the molecule is CC12CCC(=O)C=C1CCC1C2C(=O)CC2(C)C1CC[C@]2(O)C(=O)C=O. The second-order valence-electron chi connectivity index (χ2n) is 9.28. The van der Waals surface area contributed by atoms with Crippen LogP contribution in [0.2, 0.25) is 0 Å². The molecule has 0 amide bonds. The summed E-state index contributed by atoms with van der Waals surface area (Å²) in [7, 11) is 0. The number of aldehydes is 1. The number of ketones is 3. The first-order valence-electron chi connectivity index (χ1n) is 9.66. The Balaban J connectivity index is 1.76. The van der Waals surface area contributed by atoms with Gasteiger partial charge >= 0.3 is 0 Å². The van der Waals surface area contributed by atoms with E-state index < -0.39 is 16.8 Å². The summed E-state index contributed by atoms with van der Waals surface area (Å²) in [6, 6.07) is 0. The van der Waals surface area contributed by atoms with Gasteiger partial charge < -0.3 is 5.11 Å². The van der Waals surface area contributed by atoms with E-state index in [0.717, 1.165) is 18.4 Å². The first-order chi connectivity index (χ1) is 12.2. The summed E-state index contributed by atoms with van der Waals surface area (Å²) in [6.07, 6.45) is 5.78. The molecule has 0 bridgehead atoms. The largest absolute Gasteiger partial charge is 0.381 e. The summed E-state index contributed by atoms with van der Waals surface area (Å²) in [5.74, 6) is -0.562. The number of hydrogen-bond acceptors (Lipinski definition) is 5. The fourth-order valence-corrected chi connectivity index (χ4v) is 6.89. The first kappa shape index (κ1) is 17.8. The van der Waals surface area contributed by atoms with Crippen LogP contribution in [0.3, 0.4) is 0 Å². The van der Waals surface area contributed by atoms with Gasteiger partial charge in [-0.15, -0.1) is 0 Å². The van der Waals surface area contributed by atoms with Crippen molar-refractivity contribution >= 4 is 23.6 Å². The van der Waals surface area contributed by atoms with Crippen molar-refractivity contribution in [3.8, 4) is 0 Å². The van der Waals surface area contributed by atoms with Gasteiger partial charge in [-0.05, 0) is 55.4 Å². The normalized spacial score (nSPS) is 47.5. The van der Waals surface area contributed by atoms with Crippen LogP contribution in [-0.2, 0) is 19.2 Å². The molecule has 5 unspecified atom stereocenters. The predicted octanol–water partition coefficient (Wildman–Crippen LogP) is 2.20. The summed E-state index contributed by atoms with van der Waals surface area (Å²) in [5, 5.41) is 11.1. The lowest BCUT2D eigenvalue weighted by Gasteiger charge is -2.57. The van der Waals surface area contributed by atoms with Gasteiger partial charge in [0.25, 0.3) is 0 Å². The highest BCUT2D eigenvalue weighted by Crippen LogP contribution is 2.66. The molecule has 3 saturated carbocycles. The second kappa shape index (κ2) is 5.44. The van der Waals surface area contributed by atoms with Crippen molar-refractivity contribution in [2.45, 2.75) is 64.4 Å². The van der Waals surface area contributed by atoms with Crippen LogP contribution >= 0.6 is 0 Å². The van der Waals surface area contributed by atoms with E-state index in [0.29, 0.717) is 19.3 Å². The summed E-state index contributed by atoms with van der Waals surface area (Å²) < 4.78 is 0. The number of allylic oxidation sites excluding steroid dienone is 1. The summed E-state index contributed by atoms with van der Waals surface area (Å²) in [4.78, 5) is 48.5. The van der Waals surface area contributed by atoms with E-state index in [1.165, 1.54) is 0 Å². The summed E-state index contributed by atoms with van der Waals surface area (Å²) >= 11 is 0. The number of hydrogen-bond donors (Lipinski definition) is 1. The zero-order chi connectivity index (χ0) is 18.9. The minimum atomic E-state index is -1.72. The van der Waals surface area contributed by atoms with Crippen LogP contribution < -0.4 is 0 Å². The fourth-order valence-electron chi connectivity index (χ4n) is 6.89. The van der Waals surface area contributed by atoms with Crippen LogP contribution in [0.5, 0.6) is 0 Å². The number of rotatable bonds is 2. The van der Waals surface area contributed by atoms with Crippen molar-refractivity contribution in [1.82, 2.24) is 0 Å². The van der Waals surface area contributed by atoms with Crippen LogP contribution in [0.4, 0.5) is 0 Å². The van der Waals surface area contributed by atoms with E-state index in [1.54, 1.807) is 6.08 Å². The van der Waals surface area contributed by atoms with Gasteiger partial charge in [0.15, 0.2) is 12.1 Å². The van der Waals surface area contributed by atoms with Crippen LogP contribution in [-0.4, -0.2) is 34.3 Å². The van der Waals surface area contributed by atoms with Crippen LogP contribution in [0, 0.1) is 28.6 Å². The van der Waals surface area contributed by atoms with Crippen molar-refractivity contribution in [2.75, 3.05) is 0 Å². The number of aliphatic hydroxyl groups is 1. The minimum Gasteiger partial charge on any atom is -0.381 e. The fraction of sp³-hybridized carbons (Fsp3) is 0.714. The third kappa shape index (κ3) is 2.01. The molecule has 4 aliphatic carbocycles. The van der Waals surface area contributed by atoms with Gasteiger partial charge in [0.1, 0.15) is 11.4 Å². The maximum Gasteiger partial charge on any atom is 0.227 e. The van der Waals surface area contributed by atoms with Gasteiger partial charge in [-0.3, -0.25) is 19.2 Å². The molecular weight excluding hydrogens is 332 g/mol. The molecule has 5 nitrogen and oxygen atoms in total. The van der Waals surface area contributed by atoms with E-state index in [4.69, 9.17) is 0 Å². The quantitative estimate of drug-likeness (QED) is 0.604. The molecule has 0 heterocycles. The average molecular weight is 358 g/mol. The van der Waals surface area contributed by atoms with Crippen molar-refractivity contribution in [3.63, 3.8) is 0 Å². The molecule has 4 aliphatic rings. The van der Waals surface area contributed by atoms with Crippen LogP contribution in [0.15, 0.2) is 11.6 Å². The van der Waals surface area contributed by atoms with Crippen LogP contribution in [0.25, 0.3) is 0 Å². The Morgan fingerprint density at radius 2 is 1.92 bits per heavy atom. The second-order valence-corrected chi connectivity index (χ2v) is 9.28. The molecular formula is C21H26O5. The Kier molecular flexibility index (Phi) is 3.72. The summed E-state index contributed by atoms with van der Waals surface area (Å²) in [6.45, 7) is 3.93. The zero-order valence-electron chi connectivity index (χ0n) is 15.4. The average Bonchev–Trinajstić information content (AvgIpc) is 2.86.